The molecule has 6 rings (SSSR count). The number of carbonyl (C=O) groups is 2. The molecule has 9 heteroatoms. The number of alkyl halides is 3. The Morgan fingerprint density at radius 1 is 0.792 bits per heavy atom. The minimum atomic E-state index is -4.46. The molecule has 6 nitrogen and oxygen atoms in total. The zero-order valence-corrected chi connectivity index (χ0v) is 26.1. The molecule has 0 saturated carbocycles. The molecule has 2 amide bonds. The monoisotopic (exact) mass is 646 g/mol. The van der Waals surface area contributed by atoms with Gasteiger partial charge in [0.15, 0.2) is 5.82 Å². The molecule has 0 saturated heterocycles. The Morgan fingerprint density at radius 2 is 1.46 bits per heavy atom. The first-order chi connectivity index (χ1) is 23.2. The number of hydrogen-bond acceptors (Lipinski definition) is 4. The SMILES string of the molecule is O=C([C@H](Cc1ccccc1)N(Cc1ccc(-c2ncccn2)cc1)C(=O)/C=C/c1ccc(C(F)(F)F)cc1)N1CCc2ccccc2C1. The number of fused-ring (bicyclic) bond motifs is 1. The van der Waals surface area contributed by atoms with E-state index >= 15 is 0 Å². The lowest BCUT2D eigenvalue weighted by molar-refractivity contribution is -0.144. The lowest BCUT2D eigenvalue weighted by Gasteiger charge is -2.37. The maximum atomic E-state index is 14.5. The molecule has 1 aliphatic rings. The van der Waals surface area contributed by atoms with E-state index in [0.717, 1.165) is 34.4 Å². The molecule has 0 radical (unpaired) electrons. The number of amides is 2. The molecular formula is C39H33F3N4O2. The highest BCUT2D eigenvalue weighted by atomic mass is 19.4. The molecule has 0 spiro atoms. The zero-order valence-electron chi connectivity index (χ0n) is 26.1. The van der Waals surface area contributed by atoms with Gasteiger partial charge in [-0.15, -0.1) is 0 Å². The van der Waals surface area contributed by atoms with Gasteiger partial charge in [-0.3, -0.25) is 9.59 Å². The van der Waals surface area contributed by atoms with Crippen LogP contribution in [0.15, 0.2) is 128 Å². The largest absolute Gasteiger partial charge is 0.416 e. The molecule has 0 bridgehead atoms. The van der Waals surface area contributed by atoms with Crippen LogP contribution >= 0.6 is 0 Å². The molecule has 1 atom stereocenters. The first-order valence-electron chi connectivity index (χ1n) is 15.7. The van der Waals surface area contributed by atoms with Gasteiger partial charge in [0.1, 0.15) is 6.04 Å². The number of nitrogens with zero attached hydrogens (tertiary/aromatic N) is 4. The van der Waals surface area contributed by atoms with Crippen LogP contribution in [-0.2, 0) is 41.7 Å². The Kier molecular flexibility index (Phi) is 9.75. The van der Waals surface area contributed by atoms with Crippen LogP contribution in [-0.4, -0.2) is 44.2 Å². The summed E-state index contributed by atoms with van der Waals surface area (Å²) in [5.74, 6) is -0.0324. The van der Waals surface area contributed by atoms with Crippen molar-refractivity contribution >= 4 is 17.9 Å². The van der Waals surface area contributed by atoms with E-state index in [-0.39, 0.29) is 18.9 Å². The Bertz CT molecular complexity index is 1880. The zero-order chi connectivity index (χ0) is 33.5. The minimum Gasteiger partial charge on any atom is -0.336 e. The van der Waals surface area contributed by atoms with E-state index in [2.05, 4.69) is 16.0 Å². The van der Waals surface area contributed by atoms with E-state index in [4.69, 9.17) is 0 Å². The van der Waals surface area contributed by atoms with Gasteiger partial charge in [0, 0.05) is 50.1 Å². The smallest absolute Gasteiger partial charge is 0.336 e. The average molecular weight is 647 g/mol. The Labute approximate surface area is 277 Å². The number of halogens is 3. The van der Waals surface area contributed by atoms with Crippen molar-refractivity contribution in [2.24, 2.45) is 0 Å². The molecular weight excluding hydrogens is 613 g/mol. The van der Waals surface area contributed by atoms with Crippen molar-refractivity contribution in [2.45, 2.75) is 38.1 Å². The van der Waals surface area contributed by atoms with Crippen molar-refractivity contribution in [3.05, 3.63) is 161 Å². The Balaban J connectivity index is 1.34. The first-order valence-corrected chi connectivity index (χ1v) is 15.7. The maximum Gasteiger partial charge on any atom is 0.416 e. The van der Waals surface area contributed by atoms with Gasteiger partial charge in [0.2, 0.25) is 11.8 Å². The van der Waals surface area contributed by atoms with Crippen LogP contribution in [0.1, 0.15) is 33.4 Å². The molecule has 0 aliphatic carbocycles. The van der Waals surface area contributed by atoms with Crippen LogP contribution in [0.5, 0.6) is 0 Å². The standard InChI is InChI=1S/C39H33F3N4O2/c40-39(41,42)34-18-13-28(14-19-34)15-20-36(47)46(26-30-11-16-32(17-12-30)37-43-22-6-23-44-37)35(25-29-7-2-1-3-8-29)38(48)45-24-21-31-9-4-5-10-33(31)27-45/h1-20,22-23,35H,21,24-27H2/b20-15+/t35-/m0/s1. The summed E-state index contributed by atoms with van der Waals surface area (Å²) in [6, 6.07) is 30.6. The van der Waals surface area contributed by atoms with Crippen LogP contribution in [0.25, 0.3) is 17.5 Å². The first kappa shape index (κ1) is 32.4. The van der Waals surface area contributed by atoms with Crippen molar-refractivity contribution in [3.63, 3.8) is 0 Å². The summed E-state index contributed by atoms with van der Waals surface area (Å²) in [5.41, 5.74) is 4.44. The van der Waals surface area contributed by atoms with Crippen molar-refractivity contribution < 1.29 is 22.8 Å². The number of hydrogen-bond donors (Lipinski definition) is 0. The minimum absolute atomic E-state index is 0.125. The van der Waals surface area contributed by atoms with Crippen molar-refractivity contribution in [1.29, 1.82) is 0 Å². The van der Waals surface area contributed by atoms with Gasteiger partial charge in [0.25, 0.3) is 0 Å². The van der Waals surface area contributed by atoms with Crippen molar-refractivity contribution in [1.82, 2.24) is 19.8 Å². The third kappa shape index (κ3) is 7.86. The normalized spacial score (nSPS) is 13.6. The van der Waals surface area contributed by atoms with E-state index in [9.17, 15) is 22.8 Å². The Hall–Kier alpha value is -5.57. The second-order valence-electron chi connectivity index (χ2n) is 11.7. The molecule has 0 N–H and O–H groups in total. The third-order valence-corrected chi connectivity index (χ3v) is 8.45. The molecule has 4 aromatic carbocycles. The molecule has 1 aliphatic heterocycles. The second kappa shape index (κ2) is 14.5. The van der Waals surface area contributed by atoms with E-state index in [1.54, 1.807) is 23.4 Å². The molecule has 0 unspecified atom stereocenters. The number of aromatic nitrogens is 2. The number of rotatable bonds is 9. The highest BCUT2D eigenvalue weighted by Crippen LogP contribution is 2.29. The van der Waals surface area contributed by atoms with Gasteiger partial charge in [0.05, 0.1) is 5.56 Å². The van der Waals surface area contributed by atoms with E-state index < -0.39 is 23.7 Å². The van der Waals surface area contributed by atoms with Crippen molar-refractivity contribution in [3.8, 4) is 11.4 Å². The van der Waals surface area contributed by atoms with Gasteiger partial charge in [-0.05, 0) is 58.5 Å². The van der Waals surface area contributed by atoms with Gasteiger partial charge >= 0.3 is 6.18 Å². The third-order valence-electron chi connectivity index (χ3n) is 8.45. The van der Waals surface area contributed by atoms with E-state index in [1.165, 1.54) is 29.8 Å². The van der Waals surface area contributed by atoms with Crippen LogP contribution in [0.3, 0.4) is 0 Å². The molecule has 48 heavy (non-hydrogen) atoms. The van der Waals surface area contributed by atoms with Gasteiger partial charge in [-0.25, -0.2) is 9.97 Å². The summed E-state index contributed by atoms with van der Waals surface area (Å²) in [5, 5.41) is 0. The summed E-state index contributed by atoms with van der Waals surface area (Å²) >= 11 is 0. The van der Waals surface area contributed by atoms with Crippen LogP contribution in [0, 0.1) is 0 Å². The number of carbonyl (C=O) groups excluding carboxylic acids is 2. The predicted octanol–water partition coefficient (Wildman–Crippen LogP) is 7.40. The lowest BCUT2D eigenvalue weighted by Crippen LogP contribution is -2.52. The Morgan fingerprint density at radius 3 is 2.15 bits per heavy atom. The van der Waals surface area contributed by atoms with Gasteiger partial charge in [-0.2, -0.15) is 13.2 Å². The van der Waals surface area contributed by atoms with E-state index in [0.29, 0.717) is 30.9 Å². The topological polar surface area (TPSA) is 66.4 Å². The summed E-state index contributed by atoms with van der Waals surface area (Å²) in [4.78, 5) is 40.6. The fourth-order valence-corrected chi connectivity index (χ4v) is 5.86. The van der Waals surface area contributed by atoms with E-state index in [1.807, 2.05) is 77.7 Å². The second-order valence-corrected chi connectivity index (χ2v) is 11.7. The quantitative estimate of drug-likeness (QED) is 0.157. The number of benzene rings is 4. The van der Waals surface area contributed by atoms with Crippen LogP contribution in [0.2, 0.25) is 0 Å². The summed E-state index contributed by atoms with van der Waals surface area (Å²) in [6.07, 6.45) is 2.67. The average Bonchev–Trinajstić information content (AvgIpc) is 3.12. The van der Waals surface area contributed by atoms with Crippen LogP contribution in [0.4, 0.5) is 13.2 Å². The molecule has 5 aromatic rings. The lowest BCUT2D eigenvalue weighted by atomic mass is 9.97. The fourth-order valence-electron chi connectivity index (χ4n) is 5.86. The summed E-state index contributed by atoms with van der Waals surface area (Å²) in [7, 11) is 0. The highest BCUT2D eigenvalue weighted by molar-refractivity contribution is 5.96. The summed E-state index contributed by atoms with van der Waals surface area (Å²) in [6.45, 7) is 1.09. The molecule has 242 valence electrons. The fraction of sp³-hybridized carbons (Fsp3) is 0.179. The molecule has 2 heterocycles. The predicted molar refractivity (Wildman–Crippen MR) is 178 cm³/mol. The highest BCUT2D eigenvalue weighted by Gasteiger charge is 2.34. The molecule has 1 aromatic heterocycles. The summed E-state index contributed by atoms with van der Waals surface area (Å²) < 4.78 is 39.4. The van der Waals surface area contributed by atoms with Gasteiger partial charge < -0.3 is 9.80 Å². The van der Waals surface area contributed by atoms with Gasteiger partial charge in [-0.1, -0.05) is 91.0 Å². The van der Waals surface area contributed by atoms with Crippen LogP contribution < -0.4 is 0 Å². The maximum absolute atomic E-state index is 14.5. The molecule has 0 fully saturated rings. The van der Waals surface area contributed by atoms with Crippen molar-refractivity contribution in [2.75, 3.05) is 6.54 Å².